The van der Waals surface area contributed by atoms with E-state index in [-0.39, 0.29) is 0 Å². The Balaban J connectivity index is 1.92. The molecule has 0 fully saturated rings. The minimum absolute atomic E-state index is 0.461. The van der Waals surface area contributed by atoms with Gasteiger partial charge in [-0.05, 0) is 36.8 Å². The zero-order valence-corrected chi connectivity index (χ0v) is 12.7. The molecule has 0 radical (unpaired) electrons. The van der Waals surface area contributed by atoms with Gasteiger partial charge < -0.3 is 9.73 Å². The van der Waals surface area contributed by atoms with Crippen molar-refractivity contribution in [3.8, 4) is 11.3 Å². The van der Waals surface area contributed by atoms with Crippen LogP contribution in [0.2, 0.25) is 0 Å². The summed E-state index contributed by atoms with van der Waals surface area (Å²) in [6.45, 7) is 7.18. The topological polar surface area (TPSA) is 38.1 Å². The Kier molecular flexibility index (Phi) is 3.76. The third kappa shape index (κ3) is 3.14. The summed E-state index contributed by atoms with van der Waals surface area (Å²) in [4.78, 5) is 4.33. The molecule has 21 heavy (non-hydrogen) atoms. The molecule has 0 aliphatic carbocycles. The first-order valence-corrected chi connectivity index (χ1v) is 7.30. The van der Waals surface area contributed by atoms with Crippen molar-refractivity contribution in [3.05, 3.63) is 53.9 Å². The van der Waals surface area contributed by atoms with E-state index < -0.39 is 0 Å². The van der Waals surface area contributed by atoms with E-state index in [2.05, 4.69) is 55.3 Å². The van der Waals surface area contributed by atoms with E-state index in [1.54, 1.807) is 0 Å². The molecule has 0 spiro atoms. The van der Waals surface area contributed by atoms with E-state index in [1.165, 1.54) is 5.56 Å². The van der Waals surface area contributed by atoms with Crippen molar-refractivity contribution < 1.29 is 4.42 Å². The number of nitrogens with zero attached hydrogens (tertiary/aromatic N) is 1. The predicted octanol–water partition coefficient (Wildman–Crippen LogP) is 4.30. The number of fused-ring (bicyclic) bond motifs is 1. The molecule has 0 aliphatic rings. The van der Waals surface area contributed by atoms with Crippen molar-refractivity contribution in [2.24, 2.45) is 0 Å². The number of nitrogens with one attached hydrogen (secondary N) is 1. The predicted molar refractivity (Wildman–Crippen MR) is 86.2 cm³/mol. The molecule has 0 amide bonds. The number of pyridine rings is 1. The summed E-state index contributed by atoms with van der Waals surface area (Å²) in [6.07, 6.45) is 3.75. The molecule has 3 nitrogen and oxygen atoms in total. The van der Waals surface area contributed by atoms with E-state index >= 15 is 0 Å². The molecule has 1 N–H and O–H groups in total. The van der Waals surface area contributed by atoms with Gasteiger partial charge in [-0.1, -0.05) is 25.5 Å². The maximum atomic E-state index is 5.93. The summed E-state index contributed by atoms with van der Waals surface area (Å²) in [7, 11) is 0. The Labute approximate surface area is 125 Å². The molecule has 108 valence electrons. The number of aromatic nitrogens is 1. The van der Waals surface area contributed by atoms with Gasteiger partial charge in [0.1, 0.15) is 11.3 Å². The van der Waals surface area contributed by atoms with E-state index in [0.29, 0.717) is 6.04 Å². The van der Waals surface area contributed by atoms with Gasteiger partial charge in [0, 0.05) is 35.9 Å². The second-order valence-electron chi connectivity index (χ2n) is 5.77. The minimum atomic E-state index is 0.461. The van der Waals surface area contributed by atoms with Crippen LogP contribution in [0.25, 0.3) is 22.3 Å². The maximum Gasteiger partial charge on any atom is 0.136 e. The van der Waals surface area contributed by atoms with Gasteiger partial charge in [-0.15, -0.1) is 0 Å². The fraction of sp³-hybridized carbons (Fsp3) is 0.278. The Hall–Kier alpha value is -2.13. The van der Waals surface area contributed by atoms with Gasteiger partial charge in [-0.2, -0.15) is 0 Å². The SMILES string of the molecule is Cc1ccc2oc(-c3cncc(CNC(C)C)c3)cc2c1. The van der Waals surface area contributed by atoms with E-state index in [9.17, 15) is 0 Å². The summed E-state index contributed by atoms with van der Waals surface area (Å²) in [6, 6.07) is 10.9. The van der Waals surface area contributed by atoms with E-state index in [1.807, 2.05) is 18.5 Å². The van der Waals surface area contributed by atoms with E-state index in [0.717, 1.165) is 34.4 Å². The highest BCUT2D eigenvalue weighted by molar-refractivity contribution is 5.83. The molecule has 3 aromatic rings. The molecule has 0 bridgehead atoms. The first-order chi connectivity index (χ1) is 10.1. The lowest BCUT2D eigenvalue weighted by Gasteiger charge is -2.08. The average molecular weight is 280 g/mol. The Morgan fingerprint density at radius 1 is 1.14 bits per heavy atom. The lowest BCUT2D eigenvalue weighted by Crippen LogP contribution is -2.21. The summed E-state index contributed by atoms with van der Waals surface area (Å²) in [5.74, 6) is 0.870. The molecule has 2 aromatic heterocycles. The highest BCUT2D eigenvalue weighted by Gasteiger charge is 2.07. The van der Waals surface area contributed by atoms with Crippen LogP contribution in [0.4, 0.5) is 0 Å². The van der Waals surface area contributed by atoms with Crippen molar-refractivity contribution in [3.63, 3.8) is 0 Å². The number of aryl methyl sites for hydroxylation is 1. The molecule has 2 heterocycles. The van der Waals surface area contributed by atoms with Gasteiger partial charge >= 0.3 is 0 Å². The number of hydrogen-bond donors (Lipinski definition) is 1. The monoisotopic (exact) mass is 280 g/mol. The van der Waals surface area contributed by atoms with Crippen molar-refractivity contribution in [2.75, 3.05) is 0 Å². The molecule has 0 unspecified atom stereocenters. The molecular weight excluding hydrogens is 260 g/mol. The summed E-state index contributed by atoms with van der Waals surface area (Å²) >= 11 is 0. The third-order valence-corrected chi connectivity index (χ3v) is 3.47. The Morgan fingerprint density at radius 2 is 2.00 bits per heavy atom. The number of benzene rings is 1. The quantitative estimate of drug-likeness (QED) is 0.774. The lowest BCUT2D eigenvalue weighted by atomic mass is 10.1. The van der Waals surface area contributed by atoms with Crippen LogP contribution in [0.5, 0.6) is 0 Å². The smallest absolute Gasteiger partial charge is 0.136 e. The second kappa shape index (κ2) is 5.70. The average Bonchev–Trinajstić information content (AvgIpc) is 2.88. The minimum Gasteiger partial charge on any atom is -0.456 e. The Bertz CT molecular complexity index is 759. The zero-order valence-electron chi connectivity index (χ0n) is 12.7. The van der Waals surface area contributed by atoms with Crippen LogP contribution in [-0.2, 0) is 6.54 Å². The standard InChI is InChI=1S/C18H20N2O/c1-12(2)20-10-14-7-16(11-19-9-14)18-8-15-6-13(3)4-5-17(15)21-18/h4-9,11-12,20H,10H2,1-3H3. The van der Waals surface area contributed by atoms with Gasteiger partial charge in [0.05, 0.1) is 0 Å². The third-order valence-electron chi connectivity index (χ3n) is 3.47. The fourth-order valence-electron chi connectivity index (χ4n) is 2.35. The molecule has 0 saturated carbocycles. The normalized spacial score (nSPS) is 11.4. The molecule has 0 atom stereocenters. The summed E-state index contributed by atoms with van der Waals surface area (Å²) < 4.78 is 5.93. The van der Waals surface area contributed by atoms with Crippen LogP contribution in [0.15, 0.2) is 47.1 Å². The summed E-state index contributed by atoms with van der Waals surface area (Å²) in [5, 5.41) is 4.54. The molecule has 1 aromatic carbocycles. The highest BCUT2D eigenvalue weighted by atomic mass is 16.3. The van der Waals surface area contributed by atoms with Crippen LogP contribution >= 0.6 is 0 Å². The highest BCUT2D eigenvalue weighted by Crippen LogP contribution is 2.28. The molecular formula is C18H20N2O. The van der Waals surface area contributed by atoms with Crippen LogP contribution in [-0.4, -0.2) is 11.0 Å². The van der Waals surface area contributed by atoms with Crippen molar-refractivity contribution in [2.45, 2.75) is 33.4 Å². The van der Waals surface area contributed by atoms with Crippen molar-refractivity contribution >= 4 is 11.0 Å². The van der Waals surface area contributed by atoms with Gasteiger partial charge in [-0.25, -0.2) is 0 Å². The van der Waals surface area contributed by atoms with Gasteiger partial charge in [0.25, 0.3) is 0 Å². The van der Waals surface area contributed by atoms with Gasteiger partial charge in [0.2, 0.25) is 0 Å². The van der Waals surface area contributed by atoms with Crippen LogP contribution in [0.1, 0.15) is 25.0 Å². The zero-order chi connectivity index (χ0) is 14.8. The first kappa shape index (κ1) is 13.8. The number of rotatable bonds is 4. The molecule has 0 saturated heterocycles. The van der Waals surface area contributed by atoms with Gasteiger partial charge in [-0.3, -0.25) is 4.98 Å². The van der Waals surface area contributed by atoms with Crippen LogP contribution in [0, 0.1) is 6.92 Å². The second-order valence-corrected chi connectivity index (χ2v) is 5.77. The Morgan fingerprint density at radius 3 is 2.81 bits per heavy atom. The fourth-order valence-corrected chi connectivity index (χ4v) is 2.35. The van der Waals surface area contributed by atoms with Crippen LogP contribution in [0.3, 0.4) is 0 Å². The van der Waals surface area contributed by atoms with Crippen LogP contribution < -0.4 is 5.32 Å². The van der Waals surface area contributed by atoms with Crippen molar-refractivity contribution in [1.29, 1.82) is 0 Å². The number of furan rings is 1. The lowest BCUT2D eigenvalue weighted by molar-refractivity contribution is 0.587. The number of hydrogen-bond acceptors (Lipinski definition) is 3. The largest absolute Gasteiger partial charge is 0.456 e. The van der Waals surface area contributed by atoms with Gasteiger partial charge in [0.15, 0.2) is 0 Å². The molecule has 3 heteroatoms. The maximum absolute atomic E-state index is 5.93. The molecule has 0 aliphatic heterocycles. The van der Waals surface area contributed by atoms with E-state index in [4.69, 9.17) is 4.42 Å². The first-order valence-electron chi connectivity index (χ1n) is 7.30. The molecule has 3 rings (SSSR count). The van der Waals surface area contributed by atoms with Crippen molar-refractivity contribution in [1.82, 2.24) is 10.3 Å². The summed E-state index contributed by atoms with van der Waals surface area (Å²) in [5.41, 5.74) is 4.34.